The maximum Gasteiger partial charge on any atom is 0.234 e. The minimum atomic E-state index is 0.210. The Bertz CT molecular complexity index is 630. The van der Waals surface area contributed by atoms with Crippen molar-refractivity contribution in [1.82, 2.24) is 20.4 Å². The van der Waals surface area contributed by atoms with Crippen molar-refractivity contribution in [3.8, 4) is 0 Å². The topological polar surface area (TPSA) is 64.7 Å². The molecule has 1 saturated heterocycles. The van der Waals surface area contributed by atoms with Crippen LogP contribution in [-0.4, -0.2) is 72.5 Å². The van der Waals surface area contributed by atoms with Gasteiger partial charge in [-0.2, -0.15) is 0 Å². The molecule has 1 atom stereocenters. The Morgan fingerprint density at radius 3 is 1.71 bits per heavy atom. The van der Waals surface area contributed by atoms with E-state index in [1.165, 1.54) is 51.4 Å². The van der Waals surface area contributed by atoms with E-state index in [-0.39, 0.29) is 11.8 Å². The Balaban J connectivity index is 1.09. The third kappa shape index (κ3) is 6.01. The van der Waals surface area contributed by atoms with Gasteiger partial charge in [0.1, 0.15) is 0 Å². The average molecular weight is 431 g/mol. The normalized spacial score (nSPS) is 27.6. The summed E-state index contributed by atoms with van der Waals surface area (Å²) >= 11 is 0. The highest BCUT2D eigenvalue weighted by Gasteiger charge is 2.43. The number of carbonyl (C=O) groups excluding carboxylic acids is 2. The standard InChI is InChI=1S/C25H42N4O2/c1-2-3-21-14-28(15-22(30)26-24(17-4-5-17)18-6-7-18)12-13-29(21)16-23(31)27-25(19-8-9-19)20-10-11-20/h17-21,24-25H,2-16H2,1H3,(H,26,30)(H,27,31). The summed E-state index contributed by atoms with van der Waals surface area (Å²) in [5.41, 5.74) is 0. The van der Waals surface area contributed by atoms with Gasteiger partial charge in [-0.25, -0.2) is 0 Å². The molecule has 1 aliphatic heterocycles. The molecular formula is C25H42N4O2. The predicted molar refractivity (Wildman–Crippen MR) is 121 cm³/mol. The number of hydrogen-bond acceptors (Lipinski definition) is 4. The van der Waals surface area contributed by atoms with Gasteiger partial charge in [0, 0.05) is 37.8 Å². The van der Waals surface area contributed by atoms with Crippen molar-refractivity contribution >= 4 is 11.8 Å². The van der Waals surface area contributed by atoms with Crippen molar-refractivity contribution in [2.45, 2.75) is 89.3 Å². The molecule has 31 heavy (non-hydrogen) atoms. The first-order chi connectivity index (χ1) is 15.1. The minimum Gasteiger partial charge on any atom is -0.352 e. The number of hydrogen-bond donors (Lipinski definition) is 2. The highest BCUT2D eigenvalue weighted by molar-refractivity contribution is 5.79. The monoisotopic (exact) mass is 430 g/mol. The smallest absolute Gasteiger partial charge is 0.234 e. The van der Waals surface area contributed by atoms with Crippen molar-refractivity contribution < 1.29 is 9.59 Å². The Labute approximate surface area is 187 Å². The molecular weight excluding hydrogens is 388 g/mol. The fraction of sp³-hybridized carbons (Fsp3) is 0.920. The average Bonchev–Trinajstić information content (AvgIpc) is 3.55. The summed E-state index contributed by atoms with van der Waals surface area (Å²) in [4.78, 5) is 30.3. The first-order valence-electron chi connectivity index (χ1n) is 13.2. The van der Waals surface area contributed by atoms with Crippen molar-refractivity contribution in [2.24, 2.45) is 23.7 Å². The molecule has 1 unspecified atom stereocenters. The summed E-state index contributed by atoms with van der Waals surface area (Å²) in [5.74, 6) is 3.40. The van der Waals surface area contributed by atoms with Crippen LogP contribution in [0.2, 0.25) is 0 Å². The third-order valence-corrected chi connectivity index (χ3v) is 8.20. The quantitative estimate of drug-likeness (QED) is 0.499. The molecule has 1 heterocycles. The van der Waals surface area contributed by atoms with Crippen LogP contribution in [-0.2, 0) is 9.59 Å². The third-order valence-electron chi connectivity index (χ3n) is 8.20. The Hall–Kier alpha value is -1.14. The number of carbonyl (C=O) groups is 2. The second-order valence-electron chi connectivity index (χ2n) is 11.2. The van der Waals surface area contributed by atoms with Gasteiger partial charge in [-0.1, -0.05) is 13.3 Å². The molecule has 0 aromatic carbocycles. The molecule has 0 aromatic heterocycles. The van der Waals surface area contributed by atoms with Gasteiger partial charge < -0.3 is 10.6 Å². The largest absolute Gasteiger partial charge is 0.352 e. The zero-order valence-electron chi connectivity index (χ0n) is 19.4. The number of nitrogens with one attached hydrogen (secondary N) is 2. The molecule has 2 N–H and O–H groups in total. The van der Waals surface area contributed by atoms with Gasteiger partial charge >= 0.3 is 0 Å². The number of amides is 2. The molecule has 0 aromatic rings. The lowest BCUT2D eigenvalue weighted by atomic mass is 10.1. The summed E-state index contributed by atoms with van der Waals surface area (Å²) < 4.78 is 0. The zero-order valence-corrected chi connectivity index (χ0v) is 19.4. The molecule has 2 amide bonds. The molecule has 4 aliphatic carbocycles. The zero-order chi connectivity index (χ0) is 21.4. The van der Waals surface area contributed by atoms with Crippen LogP contribution < -0.4 is 10.6 Å². The summed E-state index contributed by atoms with van der Waals surface area (Å²) in [7, 11) is 0. The number of rotatable bonds is 12. The van der Waals surface area contributed by atoms with Crippen LogP contribution in [0.15, 0.2) is 0 Å². The van der Waals surface area contributed by atoms with Gasteiger partial charge in [-0.3, -0.25) is 19.4 Å². The molecule has 5 rings (SSSR count). The van der Waals surface area contributed by atoms with E-state index in [9.17, 15) is 9.59 Å². The SMILES string of the molecule is CCCC1CN(CC(=O)NC(C2CC2)C2CC2)CCN1CC(=O)NC(C1CC1)C1CC1. The first kappa shape index (κ1) is 21.7. The van der Waals surface area contributed by atoms with E-state index in [0.717, 1.165) is 56.1 Å². The van der Waals surface area contributed by atoms with Gasteiger partial charge in [0.25, 0.3) is 0 Å². The highest BCUT2D eigenvalue weighted by Crippen LogP contribution is 2.45. The van der Waals surface area contributed by atoms with Crippen molar-refractivity contribution in [1.29, 1.82) is 0 Å². The van der Waals surface area contributed by atoms with Crippen LogP contribution in [0.25, 0.3) is 0 Å². The first-order valence-corrected chi connectivity index (χ1v) is 13.2. The van der Waals surface area contributed by atoms with Crippen molar-refractivity contribution in [2.75, 3.05) is 32.7 Å². The van der Waals surface area contributed by atoms with Crippen molar-refractivity contribution in [3.63, 3.8) is 0 Å². The lowest BCUT2D eigenvalue weighted by Crippen LogP contribution is -2.57. The highest BCUT2D eigenvalue weighted by atomic mass is 16.2. The maximum atomic E-state index is 12.8. The van der Waals surface area contributed by atoms with E-state index in [0.29, 0.717) is 31.2 Å². The summed E-state index contributed by atoms with van der Waals surface area (Å²) in [6, 6.07) is 1.25. The van der Waals surface area contributed by atoms with E-state index < -0.39 is 0 Å². The van der Waals surface area contributed by atoms with E-state index in [1.54, 1.807) is 0 Å². The second-order valence-corrected chi connectivity index (χ2v) is 11.2. The van der Waals surface area contributed by atoms with E-state index in [1.807, 2.05) is 0 Å². The second kappa shape index (κ2) is 9.38. The molecule has 0 radical (unpaired) electrons. The molecule has 0 spiro atoms. The molecule has 6 nitrogen and oxygen atoms in total. The fourth-order valence-corrected chi connectivity index (χ4v) is 5.83. The molecule has 5 aliphatic rings. The fourth-order valence-electron chi connectivity index (χ4n) is 5.83. The van der Waals surface area contributed by atoms with Crippen LogP contribution in [0.1, 0.15) is 71.1 Å². The summed E-state index contributed by atoms with van der Waals surface area (Å²) in [5, 5.41) is 6.77. The molecule has 174 valence electrons. The van der Waals surface area contributed by atoms with Crippen LogP contribution in [0.3, 0.4) is 0 Å². The van der Waals surface area contributed by atoms with Crippen LogP contribution in [0.5, 0.6) is 0 Å². The Morgan fingerprint density at radius 2 is 1.26 bits per heavy atom. The Kier molecular flexibility index (Phi) is 6.57. The molecule has 0 bridgehead atoms. The number of nitrogens with zero attached hydrogens (tertiary/aromatic N) is 2. The van der Waals surface area contributed by atoms with Crippen molar-refractivity contribution in [3.05, 3.63) is 0 Å². The van der Waals surface area contributed by atoms with Gasteiger partial charge in [-0.15, -0.1) is 0 Å². The summed E-state index contributed by atoms with van der Waals surface area (Å²) in [6.07, 6.45) is 12.6. The lowest BCUT2D eigenvalue weighted by Gasteiger charge is -2.41. The molecule has 6 heteroatoms. The van der Waals surface area contributed by atoms with E-state index >= 15 is 0 Å². The number of piperazine rings is 1. The van der Waals surface area contributed by atoms with Gasteiger partial charge in [0.2, 0.25) is 11.8 Å². The van der Waals surface area contributed by atoms with Gasteiger partial charge in [0.05, 0.1) is 13.1 Å². The maximum absolute atomic E-state index is 12.8. The minimum absolute atomic E-state index is 0.210. The van der Waals surface area contributed by atoms with Crippen LogP contribution in [0.4, 0.5) is 0 Å². The van der Waals surface area contributed by atoms with Gasteiger partial charge in [0.15, 0.2) is 0 Å². The Morgan fingerprint density at radius 1 is 0.774 bits per heavy atom. The predicted octanol–water partition coefficient (Wildman–Crippen LogP) is 2.38. The lowest BCUT2D eigenvalue weighted by molar-refractivity contribution is -0.127. The van der Waals surface area contributed by atoms with E-state index in [2.05, 4.69) is 27.4 Å². The van der Waals surface area contributed by atoms with Crippen LogP contribution >= 0.6 is 0 Å². The summed E-state index contributed by atoms with van der Waals surface area (Å²) in [6.45, 7) is 5.93. The van der Waals surface area contributed by atoms with E-state index in [4.69, 9.17) is 0 Å². The van der Waals surface area contributed by atoms with Gasteiger partial charge in [-0.05, 0) is 81.5 Å². The molecule has 4 saturated carbocycles. The molecule has 5 fully saturated rings. The van der Waals surface area contributed by atoms with Crippen LogP contribution in [0, 0.1) is 23.7 Å².